The van der Waals surface area contributed by atoms with Crippen molar-refractivity contribution in [2.75, 3.05) is 0 Å². The van der Waals surface area contributed by atoms with Gasteiger partial charge in [0.25, 0.3) is 0 Å². The number of Topliss-reactive ketones (excluding diaryl/α,β-unsaturated/α-hetero) is 1. The van der Waals surface area contributed by atoms with Crippen molar-refractivity contribution in [2.45, 2.75) is 110 Å². The molecule has 4 atom stereocenters. The fourth-order valence-corrected chi connectivity index (χ4v) is 5.70. The second-order valence-corrected chi connectivity index (χ2v) is 20.9. The number of carbonyl (C=O) groups excluding carboxylic acids is 1. The Morgan fingerprint density at radius 2 is 1.48 bits per heavy atom. The van der Waals surface area contributed by atoms with Crippen LogP contribution >= 0.6 is 0 Å². The molecule has 158 valence electrons. The van der Waals surface area contributed by atoms with Gasteiger partial charge in [0.15, 0.2) is 16.6 Å². The standard InChI is InChI=1S/C22H44O3Si2/c1-16(24-26(9,10)21(3,4)5)13-14-18-17(2)19(23)15-20(18)25-27(11,12)22(6,7)8/h13-14,16-18,20H,15H2,1-12H3/b14-13+/t16?,17-,18-,20-/m0/s1. The predicted molar refractivity (Wildman–Crippen MR) is 121 cm³/mol. The monoisotopic (exact) mass is 412 g/mol. The summed E-state index contributed by atoms with van der Waals surface area (Å²) in [7, 11) is -3.70. The molecule has 27 heavy (non-hydrogen) atoms. The molecule has 0 aromatic heterocycles. The topological polar surface area (TPSA) is 35.5 Å². The zero-order valence-electron chi connectivity index (χ0n) is 19.9. The highest BCUT2D eigenvalue weighted by atomic mass is 28.4. The van der Waals surface area contributed by atoms with E-state index in [1.165, 1.54) is 0 Å². The largest absolute Gasteiger partial charge is 0.413 e. The van der Waals surface area contributed by atoms with Crippen LogP contribution in [0.4, 0.5) is 0 Å². The molecule has 0 spiro atoms. The number of rotatable bonds is 6. The lowest BCUT2D eigenvalue weighted by Crippen LogP contribution is -2.45. The lowest BCUT2D eigenvalue weighted by molar-refractivity contribution is -0.120. The van der Waals surface area contributed by atoms with Crippen molar-refractivity contribution in [1.29, 1.82) is 0 Å². The van der Waals surface area contributed by atoms with E-state index in [2.05, 4.69) is 86.8 Å². The smallest absolute Gasteiger partial charge is 0.192 e. The molecular formula is C22H44O3Si2. The predicted octanol–water partition coefficient (Wildman–Crippen LogP) is 6.57. The van der Waals surface area contributed by atoms with Gasteiger partial charge in [-0.1, -0.05) is 60.6 Å². The fourth-order valence-electron chi connectivity index (χ4n) is 2.99. The number of hydrogen-bond donors (Lipinski definition) is 0. The van der Waals surface area contributed by atoms with Crippen molar-refractivity contribution >= 4 is 22.4 Å². The minimum atomic E-state index is -1.90. The SMILES string of the molecule is CC(/C=C/[C@@H]1[C@@H](O[Si](C)(C)C(C)(C)C)CC(=O)[C@H]1C)O[Si](C)(C)C(C)(C)C. The maximum Gasteiger partial charge on any atom is 0.192 e. The Hall–Kier alpha value is -0.236. The molecular weight excluding hydrogens is 368 g/mol. The molecule has 1 fully saturated rings. The van der Waals surface area contributed by atoms with Gasteiger partial charge in [0.2, 0.25) is 0 Å². The quantitative estimate of drug-likeness (QED) is 0.365. The van der Waals surface area contributed by atoms with E-state index in [-0.39, 0.29) is 34.1 Å². The Kier molecular flexibility index (Phi) is 7.58. The zero-order valence-corrected chi connectivity index (χ0v) is 21.9. The molecule has 0 N–H and O–H groups in total. The van der Waals surface area contributed by atoms with Crippen LogP contribution in [-0.2, 0) is 13.6 Å². The molecule has 1 aliphatic carbocycles. The number of hydrogen-bond acceptors (Lipinski definition) is 3. The van der Waals surface area contributed by atoms with E-state index < -0.39 is 16.6 Å². The summed E-state index contributed by atoms with van der Waals surface area (Å²) in [6.07, 6.45) is 4.96. The second kappa shape index (κ2) is 8.25. The van der Waals surface area contributed by atoms with Gasteiger partial charge >= 0.3 is 0 Å². The summed E-state index contributed by atoms with van der Waals surface area (Å²) in [4.78, 5) is 12.4. The Labute approximate surface area is 170 Å². The molecule has 0 aliphatic heterocycles. The van der Waals surface area contributed by atoms with Crippen LogP contribution in [-0.4, -0.2) is 34.6 Å². The highest BCUT2D eigenvalue weighted by molar-refractivity contribution is 6.74. The molecule has 1 rings (SSSR count). The highest BCUT2D eigenvalue weighted by Gasteiger charge is 2.46. The van der Waals surface area contributed by atoms with Gasteiger partial charge < -0.3 is 8.85 Å². The third-order valence-electron chi connectivity index (χ3n) is 7.06. The maximum atomic E-state index is 12.4. The third kappa shape index (κ3) is 6.12. The molecule has 0 heterocycles. The molecule has 0 amide bonds. The first-order valence-corrected chi connectivity index (χ1v) is 16.3. The van der Waals surface area contributed by atoms with Crippen LogP contribution in [0.2, 0.25) is 36.3 Å². The van der Waals surface area contributed by atoms with E-state index in [4.69, 9.17) is 8.85 Å². The molecule has 3 nitrogen and oxygen atoms in total. The van der Waals surface area contributed by atoms with E-state index in [0.717, 1.165) is 0 Å². The minimum Gasteiger partial charge on any atom is -0.413 e. The van der Waals surface area contributed by atoms with Crippen molar-refractivity contribution in [3.63, 3.8) is 0 Å². The van der Waals surface area contributed by atoms with Gasteiger partial charge in [-0.05, 0) is 43.2 Å². The average Bonchev–Trinajstić information content (AvgIpc) is 2.68. The van der Waals surface area contributed by atoms with E-state index in [1.807, 2.05) is 6.92 Å². The number of ketones is 1. The first-order valence-electron chi connectivity index (χ1n) is 10.5. The summed E-state index contributed by atoms with van der Waals surface area (Å²) >= 11 is 0. The first kappa shape index (κ1) is 24.8. The van der Waals surface area contributed by atoms with E-state index in [1.54, 1.807) is 0 Å². The summed E-state index contributed by atoms with van der Waals surface area (Å²) < 4.78 is 13.1. The van der Waals surface area contributed by atoms with Crippen molar-refractivity contribution < 1.29 is 13.6 Å². The van der Waals surface area contributed by atoms with Crippen LogP contribution in [0.25, 0.3) is 0 Å². The van der Waals surface area contributed by atoms with Gasteiger partial charge in [-0.25, -0.2) is 0 Å². The summed E-state index contributed by atoms with van der Waals surface area (Å²) in [5.74, 6) is 0.500. The molecule has 1 aliphatic rings. The van der Waals surface area contributed by atoms with Gasteiger partial charge in [0.1, 0.15) is 5.78 Å². The van der Waals surface area contributed by atoms with Crippen molar-refractivity contribution in [1.82, 2.24) is 0 Å². The van der Waals surface area contributed by atoms with E-state index >= 15 is 0 Å². The van der Waals surface area contributed by atoms with Gasteiger partial charge in [-0.15, -0.1) is 0 Å². The van der Waals surface area contributed by atoms with Crippen LogP contribution in [0, 0.1) is 11.8 Å². The molecule has 1 unspecified atom stereocenters. The first-order chi connectivity index (χ1) is 11.9. The normalized spacial score (nSPS) is 26.8. The molecule has 0 aromatic carbocycles. The van der Waals surface area contributed by atoms with Crippen LogP contribution in [0.3, 0.4) is 0 Å². The molecule has 1 saturated carbocycles. The average molecular weight is 413 g/mol. The Morgan fingerprint density at radius 1 is 1.00 bits per heavy atom. The van der Waals surface area contributed by atoms with Crippen molar-refractivity contribution in [2.24, 2.45) is 11.8 Å². The highest BCUT2D eigenvalue weighted by Crippen LogP contribution is 2.42. The van der Waals surface area contributed by atoms with Gasteiger partial charge in [0.05, 0.1) is 12.2 Å². The maximum absolute atomic E-state index is 12.4. The van der Waals surface area contributed by atoms with Crippen molar-refractivity contribution in [3.8, 4) is 0 Å². The molecule has 0 aromatic rings. The van der Waals surface area contributed by atoms with Crippen molar-refractivity contribution in [3.05, 3.63) is 12.2 Å². The Bertz CT molecular complexity index is 553. The zero-order chi connectivity index (χ0) is 21.4. The summed E-state index contributed by atoms with van der Waals surface area (Å²) in [6, 6.07) is 0. The van der Waals surface area contributed by atoms with Gasteiger partial charge in [0, 0.05) is 18.3 Å². The molecule has 0 saturated heterocycles. The van der Waals surface area contributed by atoms with Crippen LogP contribution in [0.1, 0.15) is 61.8 Å². The Morgan fingerprint density at radius 3 is 1.93 bits per heavy atom. The minimum absolute atomic E-state index is 0.00436. The molecule has 0 radical (unpaired) electrons. The Balaban J connectivity index is 2.91. The van der Waals surface area contributed by atoms with Crippen LogP contribution in [0.5, 0.6) is 0 Å². The summed E-state index contributed by atoms with van der Waals surface area (Å²) in [6.45, 7) is 26.8. The fraction of sp³-hybridized carbons (Fsp3) is 0.864. The third-order valence-corrected chi connectivity index (χ3v) is 16.1. The number of carbonyl (C=O) groups is 1. The molecule has 5 heteroatoms. The van der Waals surface area contributed by atoms with E-state index in [9.17, 15) is 4.79 Å². The lowest BCUT2D eigenvalue weighted by Gasteiger charge is -2.39. The van der Waals surface area contributed by atoms with Gasteiger partial charge in [-0.2, -0.15) is 0 Å². The summed E-state index contributed by atoms with van der Waals surface area (Å²) in [5.41, 5.74) is 0. The van der Waals surface area contributed by atoms with Crippen LogP contribution in [0.15, 0.2) is 12.2 Å². The van der Waals surface area contributed by atoms with Gasteiger partial charge in [-0.3, -0.25) is 4.79 Å². The lowest BCUT2D eigenvalue weighted by atomic mass is 9.95. The van der Waals surface area contributed by atoms with Crippen LogP contribution < -0.4 is 0 Å². The second-order valence-electron chi connectivity index (χ2n) is 11.4. The molecule has 0 bridgehead atoms. The van der Waals surface area contributed by atoms with E-state index in [0.29, 0.717) is 12.2 Å². The summed E-state index contributed by atoms with van der Waals surface area (Å²) in [5, 5.41) is 0.342.